The highest BCUT2D eigenvalue weighted by Gasteiger charge is 2.35. The molecule has 3 aromatic carbocycles. The van der Waals surface area contributed by atoms with E-state index in [1.165, 1.54) is 11.8 Å². The molecule has 0 spiro atoms. The summed E-state index contributed by atoms with van der Waals surface area (Å²) in [6.45, 7) is 1.85. The van der Waals surface area contributed by atoms with Gasteiger partial charge in [0.05, 0.1) is 12.7 Å². The molecule has 2 N–H and O–H groups in total. The zero-order valence-corrected chi connectivity index (χ0v) is 22.4. The number of allylic oxidation sites excluding steroid dienone is 1. The number of halogens is 2. The van der Waals surface area contributed by atoms with Gasteiger partial charge < -0.3 is 15.4 Å². The van der Waals surface area contributed by atoms with Gasteiger partial charge in [0.15, 0.2) is 0 Å². The number of anilines is 2. The number of ether oxygens (including phenoxy) is 1. The summed E-state index contributed by atoms with van der Waals surface area (Å²) in [6, 6.07) is 21.7. The van der Waals surface area contributed by atoms with Crippen LogP contribution in [-0.2, 0) is 10.5 Å². The van der Waals surface area contributed by atoms with Gasteiger partial charge in [0.2, 0.25) is 11.1 Å². The van der Waals surface area contributed by atoms with Crippen LogP contribution in [0.5, 0.6) is 5.75 Å². The average molecular weight is 552 g/mol. The van der Waals surface area contributed by atoms with E-state index in [0.29, 0.717) is 49.6 Å². The van der Waals surface area contributed by atoms with E-state index in [-0.39, 0.29) is 5.91 Å². The SMILES string of the molecule is COc1ccc(NC(=O)C2=C(C)Nc3nc(SCc4cccc(Cl)c4)nn3C2c2ccccc2Cl)cc1. The number of rotatable bonds is 7. The third kappa shape index (κ3) is 5.46. The number of carbonyl (C=O) groups is 1. The molecule has 1 unspecified atom stereocenters. The van der Waals surface area contributed by atoms with Crippen molar-refractivity contribution in [1.29, 1.82) is 0 Å². The lowest BCUT2D eigenvalue weighted by Crippen LogP contribution is -2.31. The molecule has 0 fully saturated rings. The summed E-state index contributed by atoms with van der Waals surface area (Å²) in [5, 5.41) is 12.8. The number of carbonyl (C=O) groups excluding carboxylic acids is 1. The van der Waals surface area contributed by atoms with E-state index in [1.54, 1.807) is 42.1 Å². The number of fused-ring (bicyclic) bond motifs is 1. The number of nitrogens with zero attached hydrogens (tertiary/aromatic N) is 3. The number of methoxy groups -OCH3 is 1. The molecular formula is C27H23Cl2N5O2S. The standard InChI is InChI=1S/C27H23Cl2N5O2S/c1-16-23(25(35)31-19-10-12-20(36-2)13-11-19)24(21-8-3-4-9-22(21)29)34-26(30-16)32-27(33-34)37-15-17-6-5-7-18(28)14-17/h3-14,24H,15H2,1-2H3,(H,31,35)(H,30,32,33). The number of hydrogen-bond donors (Lipinski definition) is 2. The van der Waals surface area contributed by atoms with Crippen molar-refractivity contribution in [2.75, 3.05) is 17.7 Å². The van der Waals surface area contributed by atoms with Crippen LogP contribution >= 0.6 is 35.0 Å². The minimum absolute atomic E-state index is 0.269. The molecule has 37 heavy (non-hydrogen) atoms. The molecule has 5 rings (SSSR count). The maximum absolute atomic E-state index is 13.6. The molecule has 0 aliphatic carbocycles. The fraction of sp³-hybridized carbons (Fsp3) is 0.148. The molecule has 10 heteroatoms. The molecule has 0 saturated heterocycles. The van der Waals surface area contributed by atoms with E-state index in [2.05, 4.69) is 15.6 Å². The van der Waals surface area contributed by atoms with E-state index in [4.69, 9.17) is 33.0 Å². The zero-order chi connectivity index (χ0) is 25.9. The van der Waals surface area contributed by atoms with Gasteiger partial charge in [0.25, 0.3) is 5.91 Å². The molecule has 188 valence electrons. The molecular weight excluding hydrogens is 529 g/mol. The van der Waals surface area contributed by atoms with Crippen LogP contribution in [0.2, 0.25) is 10.0 Å². The first-order chi connectivity index (χ1) is 17.9. The summed E-state index contributed by atoms with van der Waals surface area (Å²) < 4.78 is 6.94. The Hall–Kier alpha value is -3.46. The Bertz CT molecular complexity index is 1490. The van der Waals surface area contributed by atoms with Crippen LogP contribution in [0.4, 0.5) is 11.6 Å². The highest BCUT2D eigenvalue weighted by atomic mass is 35.5. The summed E-state index contributed by atoms with van der Waals surface area (Å²) in [7, 11) is 1.60. The third-order valence-corrected chi connectivity index (χ3v) is 7.37. The Morgan fingerprint density at radius 2 is 1.89 bits per heavy atom. The zero-order valence-electron chi connectivity index (χ0n) is 20.0. The molecule has 1 aliphatic rings. The molecule has 1 amide bonds. The van der Waals surface area contributed by atoms with Gasteiger partial charge in [-0.2, -0.15) is 4.98 Å². The van der Waals surface area contributed by atoms with Gasteiger partial charge in [-0.1, -0.05) is 65.3 Å². The van der Waals surface area contributed by atoms with E-state index in [9.17, 15) is 4.79 Å². The van der Waals surface area contributed by atoms with Crippen LogP contribution in [0.25, 0.3) is 0 Å². The molecule has 7 nitrogen and oxygen atoms in total. The number of hydrogen-bond acceptors (Lipinski definition) is 6. The normalized spacial score (nSPS) is 14.6. The first kappa shape index (κ1) is 25.2. The Kier molecular flexibility index (Phi) is 7.41. The molecule has 0 saturated carbocycles. The molecule has 1 aromatic heterocycles. The Morgan fingerprint density at radius 3 is 2.62 bits per heavy atom. The van der Waals surface area contributed by atoms with Gasteiger partial charge >= 0.3 is 0 Å². The second-order valence-electron chi connectivity index (χ2n) is 8.35. The summed E-state index contributed by atoms with van der Waals surface area (Å²) in [6.07, 6.45) is 0. The Balaban J connectivity index is 1.48. The average Bonchev–Trinajstić information content (AvgIpc) is 3.30. The summed E-state index contributed by atoms with van der Waals surface area (Å²) in [4.78, 5) is 18.3. The van der Waals surface area contributed by atoms with Gasteiger partial charge in [-0.3, -0.25) is 4.79 Å². The highest BCUT2D eigenvalue weighted by Crippen LogP contribution is 2.39. The van der Waals surface area contributed by atoms with Crippen LogP contribution in [-0.4, -0.2) is 27.8 Å². The van der Waals surface area contributed by atoms with Gasteiger partial charge in [0, 0.05) is 32.7 Å². The quantitative estimate of drug-likeness (QED) is 0.245. The smallest absolute Gasteiger partial charge is 0.255 e. The van der Waals surface area contributed by atoms with Crippen molar-refractivity contribution in [1.82, 2.24) is 14.8 Å². The van der Waals surface area contributed by atoms with Gasteiger partial charge in [-0.15, -0.1) is 5.10 Å². The number of aromatic nitrogens is 3. The minimum Gasteiger partial charge on any atom is -0.497 e. The van der Waals surface area contributed by atoms with Gasteiger partial charge in [-0.25, -0.2) is 4.68 Å². The monoisotopic (exact) mass is 551 g/mol. The van der Waals surface area contributed by atoms with Crippen LogP contribution in [0.1, 0.15) is 24.1 Å². The van der Waals surface area contributed by atoms with Gasteiger partial charge in [-0.05, 0) is 55.0 Å². The maximum atomic E-state index is 13.6. The van der Waals surface area contributed by atoms with Gasteiger partial charge in [0.1, 0.15) is 11.8 Å². The summed E-state index contributed by atoms with van der Waals surface area (Å²) in [5.74, 6) is 1.63. The van der Waals surface area contributed by atoms with E-state index in [1.807, 2.05) is 49.4 Å². The first-order valence-electron chi connectivity index (χ1n) is 11.4. The summed E-state index contributed by atoms with van der Waals surface area (Å²) in [5.41, 5.74) is 3.62. The van der Waals surface area contributed by atoms with Crippen LogP contribution < -0.4 is 15.4 Å². The largest absolute Gasteiger partial charge is 0.497 e. The van der Waals surface area contributed by atoms with Crippen molar-refractivity contribution in [3.05, 3.63) is 105 Å². The lowest BCUT2D eigenvalue weighted by molar-refractivity contribution is -0.113. The lowest BCUT2D eigenvalue weighted by atomic mass is 9.95. The molecule has 0 radical (unpaired) electrons. The van der Waals surface area contributed by atoms with Crippen molar-refractivity contribution in [2.24, 2.45) is 0 Å². The molecule has 0 bridgehead atoms. The Morgan fingerprint density at radius 1 is 1.11 bits per heavy atom. The number of amides is 1. The molecule has 4 aromatic rings. The third-order valence-electron chi connectivity index (χ3n) is 5.88. The van der Waals surface area contributed by atoms with Crippen molar-refractivity contribution >= 4 is 52.5 Å². The predicted molar refractivity (Wildman–Crippen MR) is 149 cm³/mol. The second kappa shape index (κ2) is 10.9. The number of thioether (sulfide) groups is 1. The van der Waals surface area contributed by atoms with Crippen LogP contribution in [0.15, 0.2) is 89.2 Å². The van der Waals surface area contributed by atoms with Crippen LogP contribution in [0.3, 0.4) is 0 Å². The number of nitrogens with one attached hydrogen (secondary N) is 2. The van der Waals surface area contributed by atoms with Crippen molar-refractivity contribution in [3.8, 4) is 5.75 Å². The number of benzene rings is 3. The fourth-order valence-corrected chi connectivity index (χ4v) is 5.34. The van der Waals surface area contributed by atoms with Crippen LogP contribution in [0, 0.1) is 0 Å². The Labute approximate surface area is 228 Å². The lowest BCUT2D eigenvalue weighted by Gasteiger charge is -2.29. The molecule has 1 atom stereocenters. The fourth-order valence-electron chi connectivity index (χ4n) is 4.12. The van der Waals surface area contributed by atoms with E-state index >= 15 is 0 Å². The topological polar surface area (TPSA) is 81.1 Å². The molecule has 1 aliphatic heterocycles. The maximum Gasteiger partial charge on any atom is 0.255 e. The van der Waals surface area contributed by atoms with E-state index < -0.39 is 6.04 Å². The highest BCUT2D eigenvalue weighted by molar-refractivity contribution is 7.98. The second-order valence-corrected chi connectivity index (χ2v) is 10.1. The molecule has 2 heterocycles. The van der Waals surface area contributed by atoms with Crippen molar-refractivity contribution < 1.29 is 9.53 Å². The van der Waals surface area contributed by atoms with E-state index in [0.717, 1.165) is 11.1 Å². The first-order valence-corrected chi connectivity index (χ1v) is 13.2. The van der Waals surface area contributed by atoms with Crippen molar-refractivity contribution in [3.63, 3.8) is 0 Å². The predicted octanol–water partition coefficient (Wildman–Crippen LogP) is 6.81. The summed E-state index contributed by atoms with van der Waals surface area (Å²) >= 11 is 14.2. The van der Waals surface area contributed by atoms with Crippen molar-refractivity contribution in [2.45, 2.75) is 23.9 Å². The minimum atomic E-state index is -0.573.